The van der Waals surface area contributed by atoms with E-state index in [1.165, 1.54) is 5.69 Å². The number of hydrogen-bond acceptors (Lipinski definition) is 8. The van der Waals surface area contributed by atoms with Crippen molar-refractivity contribution in [2.75, 3.05) is 54.0 Å². The van der Waals surface area contributed by atoms with Crippen LogP contribution in [0.1, 0.15) is 11.1 Å². The Morgan fingerprint density at radius 1 is 1.14 bits per heavy atom. The van der Waals surface area contributed by atoms with Crippen LogP contribution in [0.5, 0.6) is 0 Å². The number of nitriles is 1. The first kappa shape index (κ1) is 23.0. The molecule has 0 saturated carbocycles. The van der Waals surface area contributed by atoms with Gasteiger partial charge in [-0.15, -0.1) is 0 Å². The fourth-order valence-corrected chi connectivity index (χ4v) is 4.67. The largest absolute Gasteiger partial charge is 0.369 e. The number of hydrogen-bond donors (Lipinski definition) is 2. The van der Waals surface area contributed by atoms with E-state index in [0.29, 0.717) is 18.1 Å². The smallest absolute Gasteiger partial charge is 0.229 e. The molecule has 1 aliphatic heterocycles. The Morgan fingerprint density at radius 2 is 1.94 bits per heavy atom. The van der Waals surface area contributed by atoms with Crippen LogP contribution in [0, 0.1) is 11.3 Å². The number of benzene rings is 2. The van der Waals surface area contributed by atoms with Gasteiger partial charge in [-0.25, -0.2) is 4.98 Å². The number of piperazine rings is 1. The zero-order valence-electron chi connectivity index (χ0n) is 19.9. The number of fused-ring (bicyclic) bond motifs is 1. The average molecular weight is 485 g/mol. The van der Waals surface area contributed by atoms with Gasteiger partial charge < -0.3 is 24.4 Å². The van der Waals surface area contributed by atoms with Gasteiger partial charge in [0.1, 0.15) is 5.65 Å². The van der Waals surface area contributed by atoms with Crippen LogP contribution in [-0.2, 0) is 6.54 Å². The Balaban J connectivity index is 1.37. The van der Waals surface area contributed by atoms with Gasteiger partial charge in [0.05, 0.1) is 23.9 Å². The van der Waals surface area contributed by atoms with E-state index in [4.69, 9.17) is 4.98 Å². The van der Waals surface area contributed by atoms with Crippen molar-refractivity contribution in [3.05, 3.63) is 72.1 Å². The molecule has 2 N–H and O–H groups in total. The van der Waals surface area contributed by atoms with Gasteiger partial charge in [-0.1, -0.05) is 18.0 Å². The highest BCUT2D eigenvalue weighted by atomic mass is 32.2. The highest BCUT2D eigenvalue weighted by Crippen LogP contribution is 2.28. The predicted octanol–water partition coefficient (Wildman–Crippen LogP) is 4.22. The van der Waals surface area contributed by atoms with E-state index in [-0.39, 0.29) is 0 Å². The highest BCUT2D eigenvalue weighted by molar-refractivity contribution is 7.99. The van der Waals surface area contributed by atoms with Crippen LogP contribution in [0.15, 0.2) is 60.9 Å². The molecule has 0 radical (unpaired) electrons. The number of aromatic nitrogens is 3. The van der Waals surface area contributed by atoms with Gasteiger partial charge in [-0.2, -0.15) is 10.2 Å². The third kappa shape index (κ3) is 5.04. The van der Waals surface area contributed by atoms with Crippen molar-refractivity contribution in [1.82, 2.24) is 19.9 Å². The first-order chi connectivity index (χ1) is 17.1. The maximum atomic E-state index is 9.33. The van der Waals surface area contributed by atoms with Crippen LogP contribution >= 0.6 is 11.9 Å². The fourth-order valence-electron chi connectivity index (χ4n) is 4.31. The highest BCUT2D eigenvalue weighted by Gasteiger charge is 2.13. The molecule has 178 valence electrons. The van der Waals surface area contributed by atoms with Crippen molar-refractivity contribution in [2.45, 2.75) is 6.54 Å². The molecular weight excluding hydrogens is 456 g/mol. The average Bonchev–Trinajstić information content (AvgIpc) is 3.31. The lowest BCUT2D eigenvalue weighted by Crippen LogP contribution is -2.43. The lowest BCUT2D eigenvalue weighted by molar-refractivity contribution is 0.589. The van der Waals surface area contributed by atoms with Crippen LogP contribution < -0.4 is 19.8 Å². The minimum Gasteiger partial charge on any atom is -0.369 e. The van der Waals surface area contributed by atoms with Crippen LogP contribution in [0.3, 0.4) is 0 Å². The van der Waals surface area contributed by atoms with Crippen molar-refractivity contribution in [1.29, 1.82) is 5.26 Å². The summed E-state index contributed by atoms with van der Waals surface area (Å²) in [5.74, 6) is 0.564. The Hall–Kier alpha value is -3.74. The molecule has 2 aromatic carbocycles. The van der Waals surface area contributed by atoms with E-state index >= 15 is 0 Å². The molecule has 1 aliphatic rings. The van der Waals surface area contributed by atoms with E-state index in [9.17, 15) is 5.26 Å². The SMILES string of the molecule is CSN(C)c1cc(C#N)ccc1Cn1ccc2cnc(Nc3ccc(N4CCNCC4)cc3)nc21. The van der Waals surface area contributed by atoms with Gasteiger partial charge in [0, 0.05) is 68.6 Å². The van der Waals surface area contributed by atoms with Crippen LogP contribution in [0.2, 0.25) is 0 Å². The Bertz CT molecular complexity index is 1350. The molecule has 8 nitrogen and oxygen atoms in total. The normalized spacial score (nSPS) is 13.6. The van der Waals surface area contributed by atoms with Crippen molar-refractivity contribution in [3.8, 4) is 6.07 Å². The molecule has 2 aromatic heterocycles. The zero-order chi connectivity index (χ0) is 24.2. The van der Waals surface area contributed by atoms with Crippen LogP contribution in [0.4, 0.5) is 23.0 Å². The summed E-state index contributed by atoms with van der Waals surface area (Å²) in [4.78, 5) is 11.7. The van der Waals surface area contributed by atoms with Crippen molar-refractivity contribution in [3.63, 3.8) is 0 Å². The van der Waals surface area contributed by atoms with Gasteiger partial charge in [0.2, 0.25) is 5.95 Å². The fraction of sp³-hybridized carbons (Fsp3) is 0.269. The second-order valence-electron chi connectivity index (χ2n) is 8.46. The first-order valence-electron chi connectivity index (χ1n) is 11.6. The number of anilines is 4. The third-order valence-electron chi connectivity index (χ3n) is 6.28. The summed E-state index contributed by atoms with van der Waals surface area (Å²) < 4.78 is 4.20. The molecule has 0 atom stereocenters. The van der Waals surface area contributed by atoms with Crippen molar-refractivity contribution in [2.24, 2.45) is 0 Å². The Kier molecular flexibility index (Phi) is 6.75. The summed E-state index contributed by atoms with van der Waals surface area (Å²) >= 11 is 1.61. The topological polar surface area (TPSA) is 85.0 Å². The van der Waals surface area contributed by atoms with E-state index in [0.717, 1.165) is 54.2 Å². The molecule has 4 aromatic rings. The molecule has 9 heteroatoms. The molecular formula is C26H28N8S. The van der Waals surface area contributed by atoms with Crippen molar-refractivity contribution >= 4 is 46.0 Å². The van der Waals surface area contributed by atoms with E-state index in [1.54, 1.807) is 11.9 Å². The van der Waals surface area contributed by atoms with Crippen molar-refractivity contribution < 1.29 is 0 Å². The molecule has 1 fully saturated rings. The van der Waals surface area contributed by atoms with Gasteiger partial charge in [-0.05, 0) is 48.0 Å². The Labute approximate surface area is 209 Å². The second kappa shape index (κ2) is 10.3. The summed E-state index contributed by atoms with van der Waals surface area (Å²) in [7, 11) is 2.01. The minimum absolute atomic E-state index is 0.564. The van der Waals surface area contributed by atoms with E-state index in [1.807, 2.05) is 50.0 Å². The molecule has 0 amide bonds. The standard InChI is InChI=1S/C26H28N8S/c1-32(35-2)24-15-19(16-27)3-4-21(24)18-34-12-9-20-17-29-26(31-25(20)34)30-22-5-7-23(8-6-22)33-13-10-28-11-14-33/h3-9,12,15,17,28H,10-11,13-14,18H2,1-2H3,(H,29,30,31). The quantitative estimate of drug-likeness (QED) is 0.377. The lowest BCUT2D eigenvalue weighted by Gasteiger charge is -2.29. The van der Waals surface area contributed by atoms with E-state index in [2.05, 4.69) is 59.7 Å². The third-order valence-corrected chi connectivity index (χ3v) is 7.02. The van der Waals surface area contributed by atoms with Gasteiger partial charge in [-0.3, -0.25) is 0 Å². The molecule has 1 saturated heterocycles. The van der Waals surface area contributed by atoms with Crippen LogP contribution in [0.25, 0.3) is 11.0 Å². The number of nitrogens with zero attached hydrogens (tertiary/aromatic N) is 6. The molecule has 0 spiro atoms. The number of rotatable bonds is 7. The number of nitrogens with one attached hydrogen (secondary N) is 2. The summed E-state index contributed by atoms with van der Waals surface area (Å²) in [5.41, 5.74) is 5.85. The molecule has 0 aliphatic carbocycles. The lowest BCUT2D eigenvalue weighted by atomic mass is 10.1. The van der Waals surface area contributed by atoms with Gasteiger partial charge in [0.15, 0.2) is 0 Å². The first-order valence-corrected chi connectivity index (χ1v) is 12.8. The summed E-state index contributed by atoms with van der Waals surface area (Å²) in [6, 6.07) is 18.5. The van der Waals surface area contributed by atoms with Crippen LogP contribution in [-0.4, -0.2) is 54.0 Å². The molecule has 0 bridgehead atoms. The van der Waals surface area contributed by atoms with Gasteiger partial charge in [0.25, 0.3) is 0 Å². The molecule has 5 rings (SSSR count). The van der Waals surface area contributed by atoms with E-state index < -0.39 is 0 Å². The maximum absolute atomic E-state index is 9.33. The summed E-state index contributed by atoms with van der Waals surface area (Å²) in [6.45, 7) is 4.73. The minimum atomic E-state index is 0.564. The molecule has 0 unspecified atom stereocenters. The predicted molar refractivity (Wildman–Crippen MR) is 145 cm³/mol. The monoisotopic (exact) mass is 484 g/mol. The summed E-state index contributed by atoms with van der Waals surface area (Å²) in [5, 5.41) is 17.0. The molecule has 3 heterocycles. The summed E-state index contributed by atoms with van der Waals surface area (Å²) in [6.07, 6.45) is 5.91. The van der Waals surface area contributed by atoms with Gasteiger partial charge >= 0.3 is 0 Å². The molecule has 35 heavy (non-hydrogen) atoms. The zero-order valence-corrected chi connectivity index (χ0v) is 20.7. The second-order valence-corrected chi connectivity index (χ2v) is 9.37. The Morgan fingerprint density at radius 3 is 2.69 bits per heavy atom. The maximum Gasteiger partial charge on any atom is 0.229 e.